The molecule has 102 valence electrons. The molecule has 3 heterocycles. The zero-order chi connectivity index (χ0) is 13.8. The predicted octanol–water partition coefficient (Wildman–Crippen LogP) is 0.681. The third-order valence-electron chi connectivity index (χ3n) is 3.04. The molecule has 0 aromatic carbocycles. The van der Waals surface area contributed by atoms with Crippen LogP contribution in [0, 0.1) is 0 Å². The van der Waals surface area contributed by atoms with Gasteiger partial charge in [0.05, 0.1) is 6.54 Å². The van der Waals surface area contributed by atoms with Crippen LogP contribution >= 0.6 is 0 Å². The van der Waals surface area contributed by atoms with Crippen molar-refractivity contribution in [1.82, 2.24) is 24.5 Å². The minimum absolute atomic E-state index is 0.108. The molecule has 6 nitrogen and oxygen atoms in total. The number of aromatic nitrogens is 4. The SMILES string of the molecule is O=c1n(CCNCc2cccnc2)nc2ccccn12. The molecule has 0 amide bonds. The summed E-state index contributed by atoms with van der Waals surface area (Å²) in [6, 6.07) is 9.43. The lowest BCUT2D eigenvalue weighted by molar-refractivity contribution is 0.541. The maximum Gasteiger partial charge on any atom is 0.350 e. The summed E-state index contributed by atoms with van der Waals surface area (Å²) in [5, 5.41) is 7.54. The fraction of sp³-hybridized carbons (Fsp3) is 0.214. The first-order chi connectivity index (χ1) is 9.84. The highest BCUT2D eigenvalue weighted by atomic mass is 16.2. The molecule has 0 atom stereocenters. The van der Waals surface area contributed by atoms with Crippen molar-refractivity contribution in [2.75, 3.05) is 6.54 Å². The van der Waals surface area contributed by atoms with E-state index in [1.807, 2.05) is 36.5 Å². The Bertz CT molecular complexity index is 747. The molecule has 0 radical (unpaired) electrons. The van der Waals surface area contributed by atoms with Crippen LogP contribution in [0.25, 0.3) is 5.65 Å². The van der Waals surface area contributed by atoms with Gasteiger partial charge in [0.25, 0.3) is 0 Å². The molecule has 0 saturated carbocycles. The molecule has 0 fully saturated rings. The summed E-state index contributed by atoms with van der Waals surface area (Å²) < 4.78 is 3.02. The molecule has 6 heteroatoms. The first kappa shape index (κ1) is 12.6. The van der Waals surface area contributed by atoms with E-state index in [2.05, 4.69) is 15.4 Å². The van der Waals surface area contributed by atoms with Crippen LogP contribution in [0.3, 0.4) is 0 Å². The quantitative estimate of drug-likeness (QED) is 0.692. The number of nitrogens with one attached hydrogen (secondary N) is 1. The third-order valence-corrected chi connectivity index (χ3v) is 3.04. The van der Waals surface area contributed by atoms with Gasteiger partial charge in [-0.25, -0.2) is 9.48 Å². The molecule has 0 aliphatic carbocycles. The van der Waals surface area contributed by atoms with E-state index < -0.39 is 0 Å². The predicted molar refractivity (Wildman–Crippen MR) is 75.4 cm³/mol. The highest BCUT2D eigenvalue weighted by Crippen LogP contribution is 1.95. The number of hydrogen-bond acceptors (Lipinski definition) is 4. The van der Waals surface area contributed by atoms with E-state index in [1.54, 1.807) is 16.8 Å². The molecule has 0 aliphatic heterocycles. The van der Waals surface area contributed by atoms with Crippen molar-refractivity contribution in [1.29, 1.82) is 0 Å². The van der Waals surface area contributed by atoms with Gasteiger partial charge in [0.1, 0.15) is 0 Å². The molecule has 3 aromatic heterocycles. The van der Waals surface area contributed by atoms with Gasteiger partial charge in [-0.2, -0.15) is 0 Å². The monoisotopic (exact) mass is 269 g/mol. The molecular weight excluding hydrogens is 254 g/mol. The Hall–Kier alpha value is -2.47. The van der Waals surface area contributed by atoms with Crippen molar-refractivity contribution in [3.05, 3.63) is 65.0 Å². The Morgan fingerprint density at radius 3 is 2.95 bits per heavy atom. The van der Waals surface area contributed by atoms with Gasteiger partial charge >= 0.3 is 5.69 Å². The fourth-order valence-corrected chi connectivity index (χ4v) is 2.03. The van der Waals surface area contributed by atoms with Gasteiger partial charge in [-0.3, -0.25) is 9.38 Å². The van der Waals surface area contributed by atoms with Crippen molar-refractivity contribution < 1.29 is 0 Å². The Kier molecular flexibility index (Phi) is 3.56. The summed E-state index contributed by atoms with van der Waals surface area (Å²) >= 11 is 0. The Morgan fingerprint density at radius 1 is 1.20 bits per heavy atom. The van der Waals surface area contributed by atoms with Crippen molar-refractivity contribution in [2.24, 2.45) is 0 Å². The Labute approximate surface area is 115 Å². The zero-order valence-electron chi connectivity index (χ0n) is 10.9. The molecule has 0 aliphatic rings. The molecule has 0 spiro atoms. The van der Waals surface area contributed by atoms with Crippen LogP contribution in [0.2, 0.25) is 0 Å². The van der Waals surface area contributed by atoms with E-state index in [4.69, 9.17) is 0 Å². The van der Waals surface area contributed by atoms with E-state index in [1.165, 1.54) is 4.68 Å². The van der Waals surface area contributed by atoms with Crippen LogP contribution in [-0.2, 0) is 13.1 Å². The molecular formula is C14H15N5O. The number of pyridine rings is 2. The molecule has 0 bridgehead atoms. The minimum Gasteiger partial charge on any atom is -0.311 e. The van der Waals surface area contributed by atoms with Crippen LogP contribution < -0.4 is 11.0 Å². The number of fused-ring (bicyclic) bond motifs is 1. The minimum atomic E-state index is -0.108. The van der Waals surface area contributed by atoms with Crippen molar-refractivity contribution >= 4 is 5.65 Å². The highest BCUT2D eigenvalue weighted by molar-refractivity contribution is 5.35. The number of nitrogens with zero attached hydrogens (tertiary/aromatic N) is 4. The lowest BCUT2D eigenvalue weighted by Gasteiger charge is -2.03. The van der Waals surface area contributed by atoms with Crippen LogP contribution in [0.15, 0.2) is 53.7 Å². The number of hydrogen-bond donors (Lipinski definition) is 1. The van der Waals surface area contributed by atoms with Crippen LogP contribution in [0.5, 0.6) is 0 Å². The summed E-state index contributed by atoms with van der Waals surface area (Å²) in [4.78, 5) is 16.1. The van der Waals surface area contributed by atoms with E-state index in [0.717, 1.165) is 12.1 Å². The smallest absolute Gasteiger partial charge is 0.311 e. The average molecular weight is 269 g/mol. The van der Waals surface area contributed by atoms with Gasteiger partial charge in [0.2, 0.25) is 0 Å². The van der Waals surface area contributed by atoms with Gasteiger partial charge < -0.3 is 5.32 Å². The lowest BCUT2D eigenvalue weighted by Crippen LogP contribution is -2.27. The third kappa shape index (κ3) is 2.60. The highest BCUT2D eigenvalue weighted by Gasteiger charge is 2.04. The van der Waals surface area contributed by atoms with Crippen molar-refractivity contribution in [3.8, 4) is 0 Å². The topological polar surface area (TPSA) is 64.2 Å². The molecule has 3 aromatic rings. The van der Waals surface area contributed by atoms with E-state index >= 15 is 0 Å². The Morgan fingerprint density at radius 2 is 2.15 bits per heavy atom. The zero-order valence-corrected chi connectivity index (χ0v) is 10.9. The lowest BCUT2D eigenvalue weighted by atomic mass is 10.3. The fourth-order valence-electron chi connectivity index (χ4n) is 2.03. The van der Waals surface area contributed by atoms with Gasteiger partial charge in [-0.15, -0.1) is 5.10 Å². The summed E-state index contributed by atoms with van der Waals surface area (Å²) in [6.07, 6.45) is 5.30. The first-order valence-electron chi connectivity index (χ1n) is 6.48. The second-order valence-electron chi connectivity index (χ2n) is 4.47. The van der Waals surface area contributed by atoms with Gasteiger partial charge in [-0.1, -0.05) is 12.1 Å². The van der Waals surface area contributed by atoms with E-state index in [0.29, 0.717) is 18.7 Å². The van der Waals surface area contributed by atoms with Crippen molar-refractivity contribution in [2.45, 2.75) is 13.1 Å². The molecule has 0 saturated heterocycles. The second-order valence-corrected chi connectivity index (χ2v) is 4.47. The Balaban J connectivity index is 1.60. The molecule has 1 N–H and O–H groups in total. The van der Waals surface area contributed by atoms with Crippen LogP contribution in [0.1, 0.15) is 5.56 Å². The summed E-state index contributed by atoms with van der Waals surface area (Å²) in [5.74, 6) is 0. The maximum absolute atomic E-state index is 12.0. The van der Waals surface area contributed by atoms with E-state index in [9.17, 15) is 4.79 Å². The summed E-state index contributed by atoms with van der Waals surface area (Å²) in [7, 11) is 0. The molecule has 20 heavy (non-hydrogen) atoms. The van der Waals surface area contributed by atoms with Crippen molar-refractivity contribution in [3.63, 3.8) is 0 Å². The molecule has 0 unspecified atom stereocenters. The average Bonchev–Trinajstić information content (AvgIpc) is 2.82. The van der Waals surface area contributed by atoms with Gasteiger partial charge in [0.15, 0.2) is 5.65 Å². The van der Waals surface area contributed by atoms with Gasteiger partial charge in [0, 0.05) is 31.7 Å². The molecule has 3 rings (SSSR count). The van der Waals surface area contributed by atoms with E-state index in [-0.39, 0.29) is 5.69 Å². The maximum atomic E-state index is 12.0. The normalized spacial score (nSPS) is 11.0. The summed E-state index contributed by atoms with van der Waals surface area (Å²) in [5.41, 5.74) is 1.68. The first-order valence-corrected chi connectivity index (χ1v) is 6.48. The standard InChI is InChI=1S/C14H15N5O/c20-14-18-8-2-1-5-13(18)17-19(14)9-7-16-11-12-4-3-6-15-10-12/h1-6,8,10,16H,7,9,11H2. The second kappa shape index (κ2) is 5.66. The largest absolute Gasteiger partial charge is 0.350 e. The van der Waals surface area contributed by atoms with Crippen LogP contribution in [-0.4, -0.2) is 25.7 Å². The number of rotatable bonds is 5. The summed E-state index contributed by atoms with van der Waals surface area (Å²) in [6.45, 7) is 1.95. The van der Waals surface area contributed by atoms with Gasteiger partial charge in [-0.05, 0) is 23.8 Å². The van der Waals surface area contributed by atoms with Crippen LogP contribution in [0.4, 0.5) is 0 Å².